The fourth-order valence-electron chi connectivity index (χ4n) is 5.43. The summed E-state index contributed by atoms with van der Waals surface area (Å²) in [5.41, 5.74) is 0.957. The Hall–Kier alpha value is -4.34. The Bertz CT molecular complexity index is 1650. The number of halogens is 2. The first-order chi connectivity index (χ1) is 19.9. The SMILES string of the molecule is C#CC(=O)OCCOc1c2n(ccc1=O)N([C@@H]1c3ccccc3SCc3c1ccc(F)c3F)[C@@H]1COCCN1C2=O. The number of hydrogen-bond donors (Lipinski definition) is 0. The van der Waals surface area contributed by atoms with Gasteiger partial charge in [0, 0.05) is 40.9 Å². The molecule has 3 aliphatic rings. The molecular weight excluding hydrogens is 556 g/mol. The Labute approximate surface area is 237 Å². The number of hydrogen-bond acceptors (Lipinski definition) is 8. The molecule has 2 aromatic carbocycles. The van der Waals surface area contributed by atoms with Gasteiger partial charge < -0.3 is 19.1 Å². The van der Waals surface area contributed by atoms with Crippen molar-refractivity contribution in [1.29, 1.82) is 0 Å². The molecule has 1 saturated heterocycles. The summed E-state index contributed by atoms with van der Waals surface area (Å²) in [7, 11) is 0. The number of pyridine rings is 1. The Morgan fingerprint density at radius 3 is 2.78 bits per heavy atom. The second-order valence-electron chi connectivity index (χ2n) is 9.42. The first-order valence-corrected chi connectivity index (χ1v) is 13.8. The van der Waals surface area contributed by atoms with E-state index in [9.17, 15) is 18.8 Å². The molecule has 0 saturated carbocycles. The summed E-state index contributed by atoms with van der Waals surface area (Å²) in [6.45, 7) is 0.186. The van der Waals surface area contributed by atoms with Crippen LogP contribution < -0.4 is 15.2 Å². The summed E-state index contributed by atoms with van der Waals surface area (Å²) in [6, 6.07) is 10.8. The van der Waals surface area contributed by atoms with Crippen LogP contribution in [0.4, 0.5) is 8.78 Å². The number of nitrogens with zero attached hydrogens (tertiary/aromatic N) is 3. The van der Waals surface area contributed by atoms with Crippen LogP contribution in [0.3, 0.4) is 0 Å². The van der Waals surface area contributed by atoms with Gasteiger partial charge in [0.15, 0.2) is 23.1 Å². The number of amides is 1. The number of fused-ring (bicyclic) bond motifs is 4. The predicted molar refractivity (Wildman–Crippen MR) is 144 cm³/mol. The molecule has 3 aliphatic heterocycles. The molecule has 1 amide bonds. The van der Waals surface area contributed by atoms with Crippen molar-refractivity contribution < 1.29 is 32.6 Å². The highest BCUT2D eigenvalue weighted by molar-refractivity contribution is 7.98. The minimum absolute atomic E-state index is 0.0440. The Kier molecular flexibility index (Phi) is 7.15. The highest BCUT2D eigenvalue weighted by Crippen LogP contribution is 2.45. The largest absolute Gasteiger partial charge is 0.484 e. The third kappa shape index (κ3) is 4.61. The molecule has 9 nitrogen and oxygen atoms in total. The highest BCUT2D eigenvalue weighted by Gasteiger charge is 2.46. The Morgan fingerprint density at radius 1 is 1.12 bits per heavy atom. The van der Waals surface area contributed by atoms with E-state index < -0.39 is 41.1 Å². The molecular formula is C29H23F2N3O6S. The highest BCUT2D eigenvalue weighted by atomic mass is 32.2. The molecule has 3 aromatic rings. The molecule has 210 valence electrons. The number of rotatable bonds is 5. The maximum absolute atomic E-state index is 15.3. The van der Waals surface area contributed by atoms with E-state index in [0.29, 0.717) is 5.56 Å². The van der Waals surface area contributed by atoms with Gasteiger partial charge in [-0.1, -0.05) is 24.3 Å². The minimum Gasteiger partial charge on any atom is -0.484 e. The molecule has 12 heteroatoms. The number of thioether (sulfide) groups is 1. The summed E-state index contributed by atoms with van der Waals surface area (Å²) < 4.78 is 47.6. The van der Waals surface area contributed by atoms with E-state index in [2.05, 4.69) is 0 Å². The summed E-state index contributed by atoms with van der Waals surface area (Å²) >= 11 is 1.39. The maximum atomic E-state index is 15.3. The van der Waals surface area contributed by atoms with E-state index in [0.717, 1.165) is 16.5 Å². The van der Waals surface area contributed by atoms with Crippen molar-refractivity contribution in [3.8, 4) is 18.1 Å². The van der Waals surface area contributed by atoms with Crippen molar-refractivity contribution in [1.82, 2.24) is 9.58 Å². The van der Waals surface area contributed by atoms with Crippen LogP contribution in [0.15, 0.2) is 58.4 Å². The van der Waals surface area contributed by atoms with Crippen molar-refractivity contribution in [2.75, 3.05) is 38.0 Å². The van der Waals surface area contributed by atoms with E-state index >= 15 is 4.39 Å². The van der Waals surface area contributed by atoms with Crippen LogP contribution in [0.2, 0.25) is 0 Å². The molecule has 41 heavy (non-hydrogen) atoms. The Balaban J connectivity index is 1.54. The molecule has 0 N–H and O–H groups in total. The third-order valence-corrected chi connectivity index (χ3v) is 8.33. The molecule has 1 fully saturated rings. The van der Waals surface area contributed by atoms with Gasteiger partial charge in [0.1, 0.15) is 19.4 Å². The van der Waals surface area contributed by atoms with Gasteiger partial charge in [0.2, 0.25) is 5.43 Å². The lowest BCUT2D eigenvalue weighted by Crippen LogP contribution is -2.66. The average Bonchev–Trinajstić information content (AvgIpc) is 3.15. The average molecular weight is 580 g/mol. The van der Waals surface area contributed by atoms with Crippen LogP contribution in [0, 0.1) is 24.0 Å². The van der Waals surface area contributed by atoms with Crippen LogP contribution in [-0.4, -0.2) is 60.6 Å². The van der Waals surface area contributed by atoms with Gasteiger partial charge >= 0.3 is 5.97 Å². The smallest absolute Gasteiger partial charge is 0.384 e. The van der Waals surface area contributed by atoms with Gasteiger partial charge in [-0.05, 0) is 23.3 Å². The normalized spacial score (nSPS) is 19.2. The topological polar surface area (TPSA) is 90.3 Å². The minimum atomic E-state index is -0.948. The zero-order chi connectivity index (χ0) is 28.7. The van der Waals surface area contributed by atoms with Crippen LogP contribution >= 0.6 is 11.8 Å². The monoisotopic (exact) mass is 579 g/mol. The molecule has 0 aliphatic carbocycles. The van der Waals surface area contributed by atoms with E-state index in [1.165, 1.54) is 28.7 Å². The first-order valence-electron chi connectivity index (χ1n) is 12.8. The number of benzene rings is 2. The maximum Gasteiger partial charge on any atom is 0.384 e. The lowest BCUT2D eigenvalue weighted by molar-refractivity contribution is -0.137. The van der Waals surface area contributed by atoms with Gasteiger partial charge in [-0.2, -0.15) is 0 Å². The molecule has 2 atom stereocenters. The summed E-state index contributed by atoms with van der Waals surface area (Å²) in [6.07, 6.45) is 5.84. The van der Waals surface area contributed by atoms with E-state index in [-0.39, 0.29) is 55.7 Å². The van der Waals surface area contributed by atoms with Gasteiger partial charge in [0.05, 0.1) is 19.3 Å². The van der Waals surface area contributed by atoms with Crippen LogP contribution in [0.25, 0.3) is 0 Å². The van der Waals surface area contributed by atoms with E-state index in [1.807, 2.05) is 35.2 Å². The number of carbonyl (C=O) groups excluding carboxylic acids is 2. The number of carbonyl (C=O) groups is 2. The van der Waals surface area contributed by atoms with Crippen molar-refractivity contribution in [3.05, 3.63) is 92.9 Å². The zero-order valence-electron chi connectivity index (χ0n) is 21.5. The molecule has 1 aromatic heterocycles. The molecule has 0 bridgehead atoms. The van der Waals surface area contributed by atoms with Gasteiger partial charge in [-0.3, -0.25) is 19.3 Å². The zero-order valence-corrected chi connectivity index (χ0v) is 22.4. The number of terminal acetylenes is 1. The molecule has 4 heterocycles. The summed E-state index contributed by atoms with van der Waals surface area (Å²) in [5, 5.41) is 1.85. The fraction of sp³-hybridized carbons (Fsp3) is 0.276. The van der Waals surface area contributed by atoms with E-state index in [4.69, 9.17) is 20.6 Å². The van der Waals surface area contributed by atoms with E-state index in [1.54, 1.807) is 11.0 Å². The van der Waals surface area contributed by atoms with Gasteiger partial charge in [-0.15, -0.1) is 18.2 Å². The van der Waals surface area contributed by atoms with Crippen molar-refractivity contribution in [2.45, 2.75) is 22.9 Å². The van der Waals surface area contributed by atoms with Crippen LogP contribution in [0.5, 0.6) is 5.75 Å². The lowest BCUT2D eigenvalue weighted by Gasteiger charge is -2.51. The van der Waals surface area contributed by atoms with Crippen LogP contribution in [-0.2, 0) is 20.0 Å². The van der Waals surface area contributed by atoms with Crippen molar-refractivity contribution >= 4 is 23.6 Å². The lowest BCUT2D eigenvalue weighted by atomic mass is 9.93. The third-order valence-electron chi connectivity index (χ3n) is 7.21. The number of morpholine rings is 1. The molecule has 0 unspecified atom stereocenters. The predicted octanol–water partition coefficient (Wildman–Crippen LogP) is 2.83. The fourth-order valence-corrected chi connectivity index (χ4v) is 6.54. The quantitative estimate of drug-likeness (QED) is 0.197. The number of aromatic nitrogens is 1. The summed E-state index contributed by atoms with van der Waals surface area (Å²) in [5.74, 6) is -1.42. The van der Waals surface area contributed by atoms with Gasteiger partial charge in [0.25, 0.3) is 5.91 Å². The van der Waals surface area contributed by atoms with Gasteiger partial charge in [-0.25, -0.2) is 13.6 Å². The second-order valence-corrected chi connectivity index (χ2v) is 10.4. The first kappa shape index (κ1) is 26.9. The molecule has 0 spiro atoms. The molecule has 6 rings (SSSR count). The number of ether oxygens (including phenoxy) is 3. The van der Waals surface area contributed by atoms with Crippen molar-refractivity contribution in [3.63, 3.8) is 0 Å². The summed E-state index contributed by atoms with van der Waals surface area (Å²) in [4.78, 5) is 40.7. The Morgan fingerprint density at radius 2 is 1.95 bits per heavy atom. The molecule has 0 radical (unpaired) electrons. The number of esters is 1. The van der Waals surface area contributed by atoms with Crippen LogP contribution in [0.1, 0.15) is 33.2 Å². The second kappa shape index (κ2) is 10.9. The van der Waals surface area contributed by atoms with Crippen molar-refractivity contribution in [2.24, 2.45) is 0 Å². The standard InChI is InChI=1S/C29H23F2N3O6S/c1-2-24(36)39-13-14-40-28-21(35)9-10-33-27(28)29(37)32-11-12-38-15-23(32)34(33)26-17-7-8-20(30)25(31)19(17)16-41-22-6-4-3-5-18(22)26/h1,3-10,23,26H,11-16H2/t23-,26+/m1/s1.